The highest BCUT2D eigenvalue weighted by Gasteiger charge is 2.33. The summed E-state index contributed by atoms with van der Waals surface area (Å²) in [6.45, 7) is 4.96. The van der Waals surface area contributed by atoms with Crippen LogP contribution in [0.25, 0.3) is 0 Å². The van der Waals surface area contributed by atoms with E-state index in [0.29, 0.717) is 17.4 Å². The van der Waals surface area contributed by atoms with E-state index >= 15 is 0 Å². The van der Waals surface area contributed by atoms with Crippen LogP contribution in [0.5, 0.6) is 0 Å². The SMILES string of the molecule is CCCNC(CS(=O)(=O)CCC)C1CC1. The number of nitrogens with one attached hydrogen (secondary N) is 1. The summed E-state index contributed by atoms with van der Waals surface area (Å²) in [6, 6.07) is 0.210. The number of hydrogen-bond acceptors (Lipinski definition) is 3. The molecule has 3 nitrogen and oxygen atoms in total. The molecule has 0 heterocycles. The lowest BCUT2D eigenvalue weighted by atomic mass is 10.2. The minimum absolute atomic E-state index is 0.210. The molecule has 15 heavy (non-hydrogen) atoms. The van der Waals surface area contributed by atoms with E-state index in [0.717, 1.165) is 19.4 Å². The zero-order valence-corrected chi connectivity index (χ0v) is 10.6. The molecule has 0 aromatic rings. The number of sulfone groups is 1. The molecule has 0 aromatic carbocycles. The highest BCUT2D eigenvalue weighted by molar-refractivity contribution is 7.91. The molecule has 1 aliphatic rings. The van der Waals surface area contributed by atoms with Crippen LogP contribution in [-0.4, -0.2) is 32.5 Å². The van der Waals surface area contributed by atoms with E-state index in [1.165, 1.54) is 12.8 Å². The second-order valence-corrected chi connectivity index (χ2v) is 6.74. The fourth-order valence-electron chi connectivity index (χ4n) is 1.86. The van der Waals surface area contributed by atoms with Crippen LogP contribution in [0.15, 0.2) is 0 Å². The van der Waals surface area contributed by atoms with Crippen molar-refractivity contribution < 1.29 is 8.42 Å². The van der Waals surface area contributed by atoms with E-state index in [2.05, 4.69) is 12.2 Å². The summed E-state index contributed by atoms with van der Waals surface area (Å²) in [5.74, 6) is 1.29. The molecule has 0 spiro atoms. The Morgan fingerprint density at radius 2 is 1.93 bits per heavy atom. The van der Waals surface area contributed by atoms with Gasteiger partial charge in [0.1, 0.15) is 0 Å². The molecule has 0 aromatic heterocycles. The van der Waals surface area contributed by atoms with Gasteiger partial charge in [-0.05, 0) is 38.1 Å². The first kappa shape index (κ1) is 13.0. The predicted octanol–water partition coefficient (Wildman–Crippen LogP) is 1.59. The monoisotopic (exact) mass is 233 g/mol. The van der Waals surface area contributed by atoms with E-state index in [4.69, 9.17) is 0 Å². The van der Waals surface area contributed by atoms with Crippen molar-refractivity contribution in [2.75, 3.05) is 18.1 Å². The van der Waals surface area contributed by atoms with Crippen molar-refractivity contribution in [3.8, 4) is 0 Å². The van der Waals surface area contributed by atoms with Gasteiger partial charge in [-0.15, -0.1) is 0 Å². The Labute approximate surface area is 93.6 Å². The summed E-state index contributed by atoms with van der Waals surface area (Å²) in [7, 11) is -2.83. The molecule has 1 aliphatic carbocycles. The van der Waals surface area contributed by atoms with Gasteiger partial charge in [-0.3, -0.25) is 0 Å². The van der Waals surface area contributed by atoms with Gasteiger partial charge in [0.2, 0.25) is 0 Å². The van der Waals surface area contributed by atoms with Gasteiger partial charge in [0, 0.05) is 11.8 Å². The quantitative estimate of drug-likeness (QED) is 0.692. The van der Waals surface area contributed by atoms with Gasteiger partial charge in [0.05, 0.1) is 5.75 Å². The smallest absolute Gasteiger partial charge is 0.151 e. The van der Waals surface area contributed by atoms with Crippen LogP contribution in [0.4, 0.5) is 0 Å². The Hall–Kier alpha value is -0.0900. The molecule has 90 valence electrons. The molecule has 1 unspecified atom stereocenters. The van der Waals surface area contributed by atoms with E-state index in [1.807, 2.05) is 6.92 Å². The number of rotatable bonds is 8. The zero-order valence-electron chi connectivity index (χ0n) is 9.83. The lowest BCUT2D eigenvalue weighted by Gasteiger charge is -2.17. The van der Waals surface area contributed by atoms with Crippen LogP contribution in [-0.2, 0) is 9.84 Å². The van der Waals surface area contributed by atoms with Crippen molar-refractivity contribution in [1.29, 1.82) is 0 Å². The third-order valence-corrected chi connectivity index (χ3v) is 4.69. The van der Waals surface area contributed by atoms with Crippen LogP contribution < -0.4 is 5.32 Å². The average Bonchev–Trinajstić information content (AvgIpc) is 2.95. The fourth-order valence-corrected chi connectivity index (χ4v) is 3.58. The molecule has 1 saturated carbocycles. The Bertz CT molecular complexity index is 270. The van der Waals surface area contributed by atoms with Crippen LogP contribution in [0.1, 0.15) is 39.5 Å². The first-order valence-corrected chi connectivity index (χ1v) is 7.85. The summed E-state index contributed by atoms with van der Waals surface area (Å²) in [6.07, 6.45) is 4.19. The maximum Gasteiger partial charge on any atom is 0.151 e. The molecule has 4 heteroatoms. The second kappa shape index (κ2) is 5.85. The van der Waals surface area contributed by atoms with Crippen LogP contribution in [0.3, 0.4) is 0 Å². The summed E-state index contributed by atoms with van der Waals surface area (Å²) < 4.78 is 23.4. The molecule has 1 rings (SSSR count). The standard InChI is InChI=1S/C11H23NO2S/c1-3-7-12-11(10-5-6-10)9-15(13,14)8-4-2/h10-12H,3-9H2,1-2H3. The summed E-state index contributed by atoms with van der Waals surface area (Å²) in [4.78, 5) is 0. The molecule has 0 saturated heterocycles. The van der Waals surface area contributed by atoms with Crippen molar-refractivity contribution in [2.45, 2.75) is 45.6 Å². The predicted molar refractivity (Wildman–Crippen MR) is 63.8 cm³/mol. The minimum Gasteiger partial charge on any atom is -0.313 e. The topological polar surface area (TPSA) is 46.2 Å². The molecule has 0 aliphatic heterocycles. The van der Waals surface area contributed by atoms with Gasteiger partial charge in [-0.25, -0.2) is 8.42 Å². The third-order valence-electron chi connectivity index (χ3n) is 2.80. The molecular weight excluding hydrogens is 210 g/mol. The van der Waals surface area contributed by atoms with Crippen molar-refractivity contribution in [1.82, 2.24) is 5.32 Å². The molecule has 0 bridgehead atoms. The molecule has 1 atom stereocenters. The van der Waals surface area contributed by atoms with Crippen LogP contribution in [0, 0.1) is 5.92 Å². The molecule has 0 amide bonds. The Kier molecular flexibility index (Phi) is 5.06. The summed E-state index contributed by atoms with van der Waals surface area (Å²) in [5, 5.41) is 3.37. The Morgan fingerprint density at radius 3 is 2.40 bits per heavy atom. The van der Waals surface area contributed by atoms with Crippen molar-refractivity contribution >= 4 is 9.84 Å². The second-order valence-electron chi connectivity index (χ2n) is 4.51. The molecule has 0 radical (unpaired) electrons. The lowest BCUT2D eigenvalue weighted by Crippen LogP contribution is -2.38. The van der Waals surface area contributed by atoms with Crippen LogP contribution >= 0.6 is 0 Å². The lowest BCUT2D eigenvalue weighted by molar-refractivity contribution is 0.489. The zero-order chi connectivity index (χ0) is 11.3. The van der Waals surface area contributed by atoms with E-state index in [-0.39, 0.29) is 6.04 Å². The summed E-state index contributed by atoms with van der Waals surface area (Å²) >= 11 is 0. The molecular formula is C11H23NO2S. The Morgan fingerprint density at radius 1 is 1.27 bits per heavy atom. The van der Waals surface area contributed by atoms with E-state index in [9.17, 15) is 8.42 Å². The van der Waals surface area contributed by atoms with Gasteiger partial charge in [0.15, 0.2) is 9.84 Å². The van der Waals surface area contributed by atoms with Gasteiger partial charge in [0.25, 0.3) is 0 Å². The van der Waals surface area contributed by atoms with Crippen molar-refractivity contribution in [2.24, 2.45) is 5.92 Å². The first-order chi connectivity index (χ1) is 7.09. The fraction of sp³-hybridized carbons (Fsp3) is 1.00. The van der Waals surface area contributed by atoms with Crippen molar-refractivity contribution in [3.63, 3.8) is 0 Å². The Balaban J connectivity index is 2.43. The normalized spacial score (nSPS) is 19.1. The highest BCUT2D eigenvalue weighted by atomic mass is 32.2. The van der Waals surface area contributed by atoms with E-state index in [1.54, 1.807) is 0 Å². The van der Waals surface area contributed by atoms with Crippen LogP contribution in [0.2, 0.25) is 0 Å². The molecule has 1 fully saturated rings. The largest absolute Gasteiger partial charge is 0.313 e. The average molecular weight is 233 g/mol. The minimum atomic E-state index is -2.83. The summed E-state index contributed by atoms with van der Waals surface area (Å²) in [5.41, 5.74) is 0. The van der Waals surface area contributed by atoms with Crippen molar-refractivity contribution in [3.05, 3.63) is 0 Å². The molecule has 1 N–H and O–H groups in total. The van der Waals surface area contributed by atoms with E-state index < -0.39 is 9.84 Å². The highest BCUT2D eigenvalue weighted by Crippen LogP contribution is 2.33. The number of hydrogen-bond donors (Lipinski definition) is 1. The van der Waals surface area contributed by atoms with Gasteiger partial charge < -0.3 is 5.32 Å². The first-order valence-electron chi connectivity index (χ1n) is 6.03. The van der Waals surface area contributed by atoms with Gasteiger partial charge >= 0.3 is 0 Å². The third kappa shape index (κ3) is 4.98. The van der Waals surface area contributed by atoms with Gasteiger partial charge in [-0.1, -0.05) is 13.8 Å². The maximum atomic E-state index is 11.7. The van der Waals surface area contributed by atoms with Gasteiger partial charge in [-0.2, -0.15) is 0 Å². The maximum absolute atomic E-state index is 11.7.